The number of hydrogen-bond donors (Lipinski definition) is 4. The Kier molecular flexibility index (Phi) is 36.2. The van der Waals surface area contributed by atoms with Crippen molar-refractivity contribution in [3.05, 3.63) is 85.1 Å². The molecule has 1 amide bonds. The van der Waals surface area contributed by atoms with E-state index in [1.807, 2.05) is 12.2 Å². The van der Waals surface area contributed by atoms with Gasteiger partial charge in [0.2, 0.25) is 5.91 Å². The number of amides is 1. The Hall–Kier alpha value is -3.34. The Labute approximate surface area is 337 Å². The number of allylic oxidation sites excluding steroid dienone is 14. The van der Waals surface area contributed by atoms with E-state index in [-0.39, 0.29) is 12.8 Å². The SMILES string of the molecule is CC/C=C\C/C=C\C/C=C\C/C=C\C/C=C\CCCC(=O)OCC(O)COP(=O)(O)OCC(NC(=O)CCCCCCC/C=C\C/C=C\CCCCC)C(=O)O. The van der Waals surface area contributed by atoms with Crippen LogP contribution >= 0.6 is 7.82 Å². The van der Waals surface area contributed by atoms with Gasteiger partial charge in [0.05, 0.1) is 13.2 Å². The third-order valence-corrected chi connectivity index (χ3v) is 9.12. The fraction of sp³-hybridized carbons (Fsp3) is 0.614. The van der Waals surface area contributed by atoms with Crippen molar-refractivity contribution in [1.82, 2.24) is 5.32 Å². The first kappa shape index (κ1) is 52.7. The highest BCUT2D eigenvalue weighted by molar-refractivity contribution is 7.47. The molecule has 56 heavy (non-hydrogen) atoms. The van der Waals surface area contributed by atoms with E-state index in [2.05, 4.69) is 92.1 Å². The number of aliphatic hydroxyl groups is 1. The smallest absolute Gasteiger partial charge is 0.472 e. The lowest BCUT2D eigenvalue weighted by Crippen LogP contribution is -2.43. The van der Waals surface area contributed by atoms with E-state index >= 15 is 0 Å². The van der Waals surface area contributed by atoms with Crippen LogP contribution in [0.1, 0.15) is 142 Å². The zero-order chi connectivity index (χ0) is 41.4. The quantitative estimate of drug-likeness (QED) is 0.0205. The van der Waals surface area contributed by atoms with Crippen molar-refractivity contribution < 1.29 is 47.8 Å². The molecule has 3 atom stereocenters. The van der Waals surface area contributed by atoms with Gasteiger partial charge in [-0.3, -0.25) is 18.6 Å². The van der Waals surface area contributed by atoms with Gasteiger partial charge in [0.1, 0.15) is 12.7 Å². The number of aliphatic carboxylic acids is 1. The first-order valence-corrected chi connectivity index (χ1v) is 22.1. The van der Waals surface area contributed by atoms with E-state index in [1.54, 1.807) is 0 Å². The monoisotopic (exact) mass is 805 g/mol. The summed E-state index contributed by atoms with van der Waals surface area (Å²) in [7, 11) is -4.78. The summed E-state index contributed by atoms with van der Waals surface area (Å²) in [6.45, 7) is 2.35. The van der Waals surface area contributed by atoms with Crippen LogP contribution in [0.4, 0.5) is 0 Å². The molecule has 0 rings (SSSR count). The highest BCUT2D eigenvalue weighted by atomic mass is 31.2. The number of hydrogen-bond acceptors (Lipinski definition) is 8. The van der Waals surface area contributed by atoms with Gasteiger partial charge in [-0.2, -0.15) is 0 Å². The molecule has 0 heterocycles. The number of phosphoric ester groups is 1. The van der Waals surface area contributed by atoms with Gasteiger partial charge in [-0.25, -0.2) is 9.36 Å². The lowest BCUT2D eigenvalue weighted by molar-refractivity contribution is -0.147. The van der Waals surface area contributed by atoms with Crippen LogP contribution in [0, 0.1) is 0 Å². The van der Waals surface area contributed by atoms with Crippen molar-refractivity contribution in [2.75, 3.05) is 19.8 Å². The zero-order valence-electron chi connectivity index (χ0n) is 34.1. The minimum absolute atomic E-state index is 0.121. The predicted molar refractivity (Wildman–Crippen MR) is 226 cm³/mol. The number of phosphoric acid groups is 1. The van der Waals surface area contributed by atoms with Crippen LogP contribution in [-0.2, 0) is 32.7 Å². The molecule has 0 fully saturated rings. The Morgan fingerprint density at radius 2 is 1.05 bits per heavy atom. The summed E-state index contributed by atoms with van der Waals surface area (Å²) in [5, 5.41) is 21.8. The average molecular weight is 806 g/mol. The molecule has 0 aliphatic heterocycles. The highest BCUT2D eigenvalue weighted by Gasteiger charge is 2.28. The van der Waals surface area contributed by atoms with Gasteiger partial charge in [-0.05, 0) is 83.5 Å². The number of ether oxygens (including phenoxy) is 1. The van der Waals surface area contributed by atoms with Gasteiger partial charge in [0.15, 0.2) is 6.04 Å². The lowest BCUT2D eigenvalue weighted by atomic mass is 10.1. The van der Waals surface area contributed by atoms with Crippen LogP contribution < -0.4 is 5.32 Å². The fourth-order valence-corrected chi connectivity index (χ4v) is 5.74. The molecule has 0 saturated heterocycles. The van der Waals surface area contributed by atoms with Crippen molar-refractivity contribution in [3.8, 4) is 0 Å². The maximum Gasteiger partial charge on any atom is 0.472 e. The maximum atomic E-state index is 12.3. The summed E-state index contributed by atoms with van der Waals surface area (Å²) < 4.78 is 26.7. The number of esters is 1. The number of rotatable bonds is 37. The summed E-state index contributed by atoms with van der Waals surface area (Å²) in [5.41, 5.74) is 0. The topological polar surface area (TPSA) is 169 Å². The summed E-state index contributed by atoms with van der Waals surface area (Å²) in [4.78, 5) is 45.8. The number of nitrogens with one attached hydrogen (secondary N) is 1. The highest BCUT2D eigenvalue weighted by Crippen LogP contribution is 2.43. The molecule has 0 aromatic carbocycles. The van der Waals surface area contributed by atoms with E-state index < -0.39 is 57.6 Å². The second kappa shape index (κ2) is 38.5. The van der Waals surface area contributed by atoms with Crippen LogP contribution in [0.3, 0.4) is 0 Å². The first-order valence-electron chi connectivity index (χ1n) is 20.6. The standard InChI is InChI=1S/C44H72NO10P/c1-3-5-7-9-11-13-15-17-19-20-22-24-26-28-30-32-34-36-43(48)53-37-40(46)38-54-56(51,52)55-39-41(44(49)50)45-42(47)35-33-31-29-27-25-23-21-18-16-14-12-10-8-6-4-2/h5,7,11-14,17-19,21-22,24,28,30,40-41,46H,3-4,6,8-10,15-16,20,23,25-27,29,31-39H2,1-2H3,(H,45,47)(H,49,50)(H,51,52)/b7-5-,13-11-,14-12-,19-17-,21-18-,24-22-,30-28-. The average Bonchev–Trinajstić information content (AvgIpc) is 3.17. The Bertz CT molecular complexity index is 1270. The van der Waals surface area contributed by atoms with Crippen LogP contribution in [0.25, 0.3) is 0 Å². The van der Waals surface area contributed by atoms with Gasteiger partial charge in [0, 0.05) is 12.8 Å². The second-order valence-electron chi connectivity index (χ2n) is 13.4. The van der Waals surface area contributed by atoms with Crippen molar-refractivity contribution in [3.63, 3.8) is 0 Å². The molecule has 0 spiro atoms. The zero-order valence-corrected chi connectivity index (χ0v) is 35.0. The lowest BCUT2D eigenvalue weighted by Gasteiger charge is -2.18. The van der Waals surface area contributed by atoms with Crippen LogP contribution in [0.15, 0.2) is 85.1 Å². The number of aliphatic hydroxyl groups excluding tert-OH is 1. The van der Waals surface area contributed by atoms with Crippen molar-refractivity contribution in [2.45, 2.75) is 154 Å². The molecule has 0 bridgehead atoms. The molecule has 12 heteroatoms. The summed E-state index contributed by atoms with van der Waals surface area (Å²) in [6.07, 6.45) is 46.1. The predicted octanol–water partition coefficient (Wildman–Crippen LogP) is 10.3. The second-order valence-corrected chi connectivity index (χ2v) is 14.9. The molecular formula is C44H72NO10P. The molecule has 0 aromatic rings. The minimum atomic E-state index is -4.78. The van der Waals surface area contributed by atoms with Crippen molar-refractivity contribution in [1.29, 1.82) is 0 Å². The third kappa shape index (κ3) is 37.6. The molecule has 0 saturated carbocycles. The Morgan fingerprint density at radius 3 is 1.59 bits per heavy atom. The molecule has 318 valence electrons. The van der Waals surface area contributed by atoms with Crippen molar-refractivity contribution >= 4 is 25.7 Å². The number of carbonyl (C=O) groups excluding carboxylic acids is 2. The van der Waals surface area contributed by atoms with Crippen LogP contribution in [0.5, 0.6) is 0 Å². The minimum Gasteiger partial charge on any atom is -0.480 e. The van der Waals surface area contributed by atoms with Gasteiger partial charge >= 0.3 is 19.8 Å². The molecule has 0 radical (unpaired) electrons. The summed E-state index contributed by atoms with van der Waals surface area (Å²) in [5.74, 6) is -2.47. The summed E-state index contributed by atoms with van der Waals surface area (Å²) >= 11 is 0. The first-order chi connectivity index (χ1) is 27.1. The van der Waals surface area contributed by atoms with E-state index in [0.717, 1.165) is 77.0 Å². The Morgan fingerprint density at radius 1 is 0.589 bits per heavy atom. The maximum absolute atomic E-state index is 12.3. The third-order valence-electron chi connectivity index (χ3n) is 8.17. The largest absolute Gasteiger partial charge is 0.480 e. The number of carbonyl (C=O) groups is 3. The molecule has 11 nitrogen and oxygen atoms in total. The van der Waals surface area contributed by atoms with Crippen molar-refractivity contribution in [2.24, 2.45) is 0 Å². The van der Waals surface area contributed by atoms with E-state index in [9.17, 15) is 34.1 Å². The van der Waals surface area contributed by atoms with Crippen LogP contribution in [-0.4, -0.2) is 64.9 Å². The number of carboxylic acids is 1. The molecule has 0 aliphatic rings. The van der Waals surface area contributed by atoms with Crippen LogP contribution in [0.2, 0.25) is 0 Å². The molecular weight excluding hydrogens is 733 g/mol. The van der Waals surface area contributed by atoms with Gasteiger partial charge in [-0.15, -0.1) is 0 Å². The van der Waals surface area contributed by atoms with Gasteiger partial charge in [0.25, 0.3) is 0 Å². The summed E-state index contributed by atoms with van der Waals surface area (Å²) in [6, 6.07) is -1.56. The molecule has 4 N–H and O–H groups in total. The molecule has 3 unspecified atom stereocenters. The normalized spacial score (nSPS) is 14.6. The number of unbranched alkanes of at least 4 members (excludes halogenated alkanes) is 9. The van der Waals surface area contributed by atoms with Gasteiger partial charge in [-0.1, -0.05) is 131 Å². The molecule has 0 aromatic heterocycles. The Balaban J connectivity index is 4.05. The van der Waals surface area contributed by atoms with E-state index in [1.165, 1.54) is 19.3 Å². The van der Waals surface area contributed by atoms with Gasteiger partial charge < -0.3 is 25.2 Å². The van der Waals surface area contributed by atoms with E-state index in [0.29, 0.717) is 19.3 Å². The number of carboxylic acid groups (broad SMARTS) is 1. The fourth-order valence-electron chi connectivity index (χ4n) is 4.97. The molecule has 0 aliphatic carbocycles. The van der Waals surface area contributed by atoms with E-state index in [4.69, 9.17) is 13.8 Å².